The largest absolute Gasteiger partial charge is 0.368 e. The maximum Gasteiger partial charge on any atom is 0.326 e. The van der Waals surface area contributed by atoms with E-state index in [-0.39, 0.29) is 17.9 Å². The van der Waals surface area contributed by atoms with Gasteiger partial charge in [0.1, 0.15) is 11.9 Å². The van der Waals surface area contributed by atoms with Crippen molar-refractivity contribution in [2.45, 2.75) is 50.7 Å². The molecule has 1 aromatic heterocycles. The average Bonchev–Trinajstić information content (AvgIpc) is 3.67. The summed E-state index contributed by atoms with van der Waals surface area (Å²) >= 11 is 0. The van der Waals surface area contributed by atoms with Crippen LogP contribution in [0.25, 0.3) is 0 Å². The fraction of sp³-hybridized carbons (Fsp3) is 0.393. The van der Waals surface area contributed by atoms with Crippen molar-refractivity contribution in [2.75, 3.05) is 22.9 Å². The van der Waals surface area contributed by atoms with Gasteiger partial charge in [0, 0.05) is 37.9 Å². The summed E-state index contributed by atoms with van der Waals surface area (Å²) in [5.41, 5.74) is 4.29. The molecule has 8 heteroatoms. The second-order valence-electron chi connectivity index (χ2n) is 10.1. The quantitative estimate of drug-likeness (QED) is 0.516. The molecule has 1 saturated carbocycles. The van der Waals surface area contributed by atoms with Crippen molar-refractivity contribution in [3.63, 3.8) is 0 Å². The lowest BCUT2D eigenvalue weighted by atomic mass is 9.99. The number of amides is 2. The summed E-state index contributed by atoms with van der Waals surface area (Å²) in [6.45, 7) is 2.21. The average molecular weight is 485 g/mol. The molecule has 0 unspecified atom stereocenters. The van der Waals surface area contributed by atoms with Gasteiger partial charge in [-0.15, -0.1) is 0 Å². The summed E-state index contributed by atoms with van der Waals surface area (Å²) < 4.78 is 16.4. The second-order valence-corrected chi connectivity index (χ2v) is 10.1. The standard InChI is InChI=1S/C28H29FN6O/c1-32-16-22-18-34(23-11-13-33(14-12-23)26-20(15-30)6-4-8-25(26)29)28(36)35(27(22)31-32)17-21-5-2-3-7-24(21)19-9-10-19/h2-8,16,19,23H,9-14,17-18H2,1H3. The molecule has 6 rings (SSSR count). The number of nitriles is 1. The molecular weight excluding hydrogens is 455 g/mol. The second kappa shape index (κ2) is 8.98. The van der Waals surface area contributed by atoms with Crippen molar-refractivity contribution >= 4 is 17.5 Å². The van der Waals surface area contributed by atoms with Gasteiger partial charge in [-0.25, -0.2) is 9.18 Å². The molecule has 2 amide bonds. The maximum absolute atomic E-state index is 14.6. The van der Waals surface area contributed by atoms with Crippen LogP contribution in [0, 0.1) is 17.1 Å². The Hall–Kier alpha value is -3.86. The highest BCUT2D eigenvalue weighted by molar-refractivity contribution is 5.94. The maximum atomic E-state index is 14.6. The van der Waals surface area contributed by atoms with Crippen LogP contribution in [0.3, 0.4) is 0 Å². The molecule has 7 nitrogen and oxygen atoms in total. The summed E-state index contributed by atoms with van der Waals surface area (Å²) in [5, 5.41) is 14.1. The molecule has 0 N–H and O–H groups in total. The van der Waals surface area contributed by atoms with Gasteiger partial charge in [-0.05, 0) is 54.9 Å². The Morgan fingerprint density at radius 2 is 1.86 bits per heavy atom. The van der Waals surface area contributed by atoms with Crippen LogP contribution in [0.4, 0.5) is 20.7 Å². The molecule has 2 aromatic carbocycles. The highest BCUT2D eigenvalue weighted by Crippen LogP contribution is 2.42. The summed E-state index contributed by atoms with van der Waals surface area (Å²) in [5.74, 6) is 0.968. The first-order valence-corrected chi connectivity index (χ1v) is 12.7. The zero-order valence-corrected chi connectivity index (χ0v) is 20.4. The highest BCUT2D eigenvalue weighted by Gasteiger charge is 2.39. The van der Waals surface area contributed by atoms with Gasteiger partial charge in [0.25, 0.3) is 0 Å². The number of aromatic nitrogens is 2. The number of rotatable bonds is 5. The van der Waals surface area contributed by atoms with Gasteiger partial charge in [-0.3, -0.25) is 9.58 Å². The van der Waals surface area contributed by atoms with Gasteiger partial charge in [0.05, 0.1) is 24.3 Å². The minimum atomic E-state index is -0.373. The van der Waals surface area contributed by atoms with E-state index in [1.165, 1.54) is 30.0 Å². The first kappa shape index (κ1) is 22.6. The Bertz CT molecular complexity index is 1350. The Balaban J connectivity index is 1.24. The first-order valence-electron chi connectivity index (χ1n) is 12.7. The molecule has 1 saturated heterocycles. The molecule has 0 atom stereocenters. The molecule has 0 radical (unpaired) electrons. The normalized spacial score (nSPS) is 18.4. The molecule has 184 valence electrons. The minimum Gasteiger partial charge on any atom is -0.368 e. The molecule has 36 heavy (non-hydrogen) atoms. The zero-order chi connectivity index (χ0) is 24.8. The van der Waals surface area contributed by atoms with E-state index in [1.54, 1.807) is 16.8 Å². The molecule has 0 bridgehead atoms. The summed E-state index contributed by atoms with van der Waals surface area (Å²) in [6.07, 6.45) is 5.85. The topological polar surface area (TPSA) is 68.4 Å². The van der Waals surface area contributed by atoms with Crippen molar-refractivity contribution in [1.29, 1.82) is 5.26 Å². The first-order chi connectivity index (χ1) is 17.5. The fourth-order valence-electron chi connectivity index (χ4n) is 5.76. The van der Waals surface area contributed by atoms with Gasteiger partial charge >= 0.3 is 6.03 Å². The van der Waals surface area contributed by atoms with Crippen LogP contribution in [0.1, 0.15) is 53.9 Å². The monoisotopic (exact) mass is 484 g/mol. The fourth-order valence-corrected chi connectivity index (χ4v) is 5.76. The van der Waals surface area contributed by atoms with Crippen molar-refractivity contribution in [3.8, 4) is 6.07 Å². The Labute approximate surface area is 210 Å². The van der Waals surface area contributed by atoms with Crippen molar-refractivity contribution < 1.29 is 9.18 Å². The number of benzene rings is 2. The van der Waals surface area contributed by atoms with Crippen LogP contribution in [0.15, 0.2) is 48.7 Å². The zero-order valence-electron chi connectivity index (χ0n) is 20.4. The number of halogens is 1. The number of hydrogen-bond donors (Lipinski definition) is 0. The molecule has 2 fully saturated rings. The number of nitrogens with zero attached hydrogens (tertiary/aromatic N) is 6. The van der Waals surface area contributed by atoms with Gasteiger partial charge in [-0.1, -0.05) is 30.3 Å². The van der Waals surface area contributed by atoms with Gasteiger partial charge in [-0.2, -0.15) is 10.4 Å². The van der Waals surface area contributed by atoms with E-state index in [9.17, 15) is 14.4 Å². The molecule has 2 aliphatic heterocycles. The summed E-state index contributed by atoms with van der Waals surface area (Å²) in [6, 6.07) is 15.2. The van der Waals surface area contributed by atoms with Gasteiger partial charge in [0.2, 0.25) is 0 Å². The number of piperidine rings is 1. The molecule has 3 aliphatic rings. The Kier molecular flexibility index (Phi) is 5.63. The van der Waals surface area contributed by atoms with Crippen LogP contribution < -0.4 is 9.80 Å². The number of hydrogen-bond acceptors (Lipinski definition) is 4. The van der Waals surface area contributed by atoms with Crippen molar-refractivity contribution in [3.05, 3.63) is 76.7 Å². The van der Waals surface area contributed by atoms with Crippen LogP contribution in [0.5, 0.6) is 0 Å². The van der Waals surface area contributed by atoms with Crippen LogP contribution in [-0.4, -0.2) is 39.8 Å². The van der Waals surface area contributed by atoms with Gasteiger partial charge < -0.3 is 9.80 Å². The predicted octanol–water partition coefficient (Wildman–Crippen LogP) is 4.92. The molecule has 0 spiro atoms. The molecular formula is C28H29FN6O. The predicted molar refractivity (Wildman–Crippen MR) is 135 cm³/mol. The lowest BCUT2D eigenvalue weighted by Crippen LogP contribution is -2.54. The van der Waals surface area contributed by atoms with E-state index in [4.69, 9.17) is 0 Å². The summed E-state index contributed by atoms with van der Waals surface area (Å²) in [7, 11) is 1.89. The van der Waals surface area contributed by atoms with E-state index in [2.05, 4.69) is 29.4 Å². The van der Waals surface area contributed by atoms with Crippen molar-refractivity contribution in [2.24, 2.45) is 7.05 Å². The third kappa shape index (κ3) is 3.98. The number of urea groups is 1. The number of carbonyl (C=O) groups excluding carboxylic acids is 1. The molecule has 3 aromatic rings. The lowest BCUT2D eigenvalue weighted by molar-refractivity contribution is 0.159. The van der Waals surface area contributed by atoms with E-state index >= 15 is 0 Å². The number of carbonyl (C=O) groups is 1. The number of fused-ring (bicyclic) bond motifs is 1. The Morgan fingerprint density at radius 1 is 1.08 bits per heavy atom. The van der Waals surface area contributed by atoms with E-state index in [0.717, 1.165) is 11.4 Å². The third-order valence-corrected chi connectivity index (χ3v) is 7.68. The van der Waals surface area contributed by atoms with Crippen LogP contribution >= 0.6 is 0 Å². The van der Waals surface area contributed by atoms with Crippen LogP contribution in [0.2, 0.25) is 0 Å². The summed E-state index contributed by atoms with van der Waals surface area (Å²) in [4.78, 5) is 19.6. The highest BCUT2D eigenvalue weighted by atomic mass is 19.1. The number of para-hydroxylation sites is 1. The van der Waals surface area contributed by atoms with E-state index in [1.807, 2.05) is 34.0 Å². The SMILES string of the molecule is Cn1cc2c(n1)N(Cc1ccccc1C1CC1)C(=O)N(C1CCN(c3c(F)cccc3C#N)CC1)C2. The number of anilines is 2. The smallest absolute Gasteiger partial charge is 0.326 e. The van der Waals surface area contributed by atoms with E-state index in [0.29, 0.717) is 56.2 Å². The Morgan fingerprint density at radius 3 is 2.61 bits per heavy atom. The molecule has 3 heterocycles. The number of aryl methyl sites for hydroxylation is 1. The third-order valence-electron chi connectivity index (χ3n) is 7.68. The lowest BCUT2D eigenvalue weighted by Gasteiger charge is -2.43. The van der Waals surface area contributed by atoms with Crippen LogP contribution in [-0.2, 0) is 20.1 Å². The minimum absolute atomic E-state index is 0.0196. The molecule has 1 aliphatic carbocycles. The van der Waals surface area contributed by atoms with Crippen molar-refractivity contribution in [1.82, 2.24) is 14.7 Å². The van der Waals surface area contributed by atoms with E-state index < -0.39 is 0 Å². The van der Waals surface area contributed by atoms with Gasteiger partial charge in [0.15, 0.2) is 5.82 Å².